The SMILES string of the molecule is CC.C[NH-].Cc1cc2ncc(C#Cc3cncc(C(=O)Nc4ccc(CN5CCN(C)CC5)c(C(F)(F)F)c4)c3)n2cn1.[K+]. The number of rotatable bonds is 4. The number of piperazine rings is 1. The van der Waals surface area contributed by atoms with Crippen molar-refractivity contribution >= 4 is 17.2 Å². The molecule has 44 heavy (non-hydrogen) atoms. The molecule has 5 rings (SSSR count). The van der Waals surface area contributed by atoms with Crippen molar-refractivity contribution in [3.05, 3.63) is 94.6 Å². The van der Waals surface area contributed by atoms with Gasteiger partial charge < -0.3 is 16.0 Å². The Balaban J connectivity index is 0.00000130. The minimum atomic E-state index is -4.55. The Labute approximate surface area is 298 Å². The summed E-state index contributed by atoms with van der Waals surface area (Å²) < 4.78 is 43.5. The number of anilines is 1. The summed E-state index contributed by atoms with van der Waals surface area (Å²) in [4.78, 5) is 29.7. The van der Waals surface area contributed by atoms with E-state index in [2.05, 4.69) is 37.0 Å². The van der Waals surface area contributed by atoms with Gasteiger partial charge in [-0.25, -0.2) is 9.97 Å². The number of hydrogen-bond acceptors (Lipinski definition) is 6. The molecule has 0 aliphatic carbocycles. The van der Waals surface area contributed by atoms with Crippen LogP contribution in [0, 0.1) is 18.8 Å². The van der Waals surface area contributed by atoms with Crippen LogP contribution in [-0.2, 0) is 12.7 Å². The van der Waals surface area contributed by atoms with E-state index in [9.17, 15) is 18.0 Å². The Morgan fingerprint density at radius 2 is 1.70 bits per heavy atom. The van der Waals surface area contributed by atoms with Gasteiger partial charge >= 0.3 is 57.6 Å². The summed E-state index contributed by atoms with van der Waals surface area (Å²) in [6, 6.07) is 7.29. The molecule has 0 bridgehead atoms. The summed E-state index contributed by atoms with van der Waals surface area (Å²) in [6.45, 7) is 9.09. The van der Waals surface area contributed by atoms with E-state index in [1.807, 2.05) is 38.8 Å². The number of nitrogens with one attached hydrogen (secondary N) is 2. The zero-order valence-electron chi connectivity index (χ0n) is 26.0. The zero-order chi connectivity index (χ0) is 31.6. The number of likely N-dealkylation sites (N-methyl/N-ethyl adjacent to an activating group) is 1. The van der Waals surface area contributed by atoms with Crippen molar-refractivity contribution in [3.63, 3.8) is 0 Å². The van der Waals surface area contributed by atoms with Crippen LogP contribution in [-0.4, -0.2) is 75.3 Å². The van der Waals surface area contributed by atoms with E-state index in [4.69, 9.17) is 5.73 Å². The number of benzene rings is 1. The fourth-order valence-corrected chi connectivity index (χ4v) is 4.34. The van der Waals surface area contributed by atoms with Crippen LogP contribution in [0.1, 0.15) is 52.3 Å². The molecule has 1 saturated heterocycles. The number of pyridine rings is 1. The van der Waals surface area contributed by atoms with E-state index in [1.165, 1.54) is 37.6 Å². The van der Waals surface area contributed by atoms with Crippen molar-refractivity contribution in [2.24, 2.45) is 0 Å². The molecule has 9 nitrogen and oxygen atoms in total. The van der Waals surface area contributed by atoms with Gasteiger partial charge in [-0.15, -0.1) is 0 Å². The van der Waals surface area contributed by atoms with E-state index in [0.29, 0.717) is 30.0 Å². The van der Waals surface area contributed by atoms with Crippen LogP contribution in [0.4, 0.5) is 18.9 Å². The normalized spacial score (nSPS) is 13.3. The molecule has 3 aromatic heterocycles. The Morgan fingerprint density at radius 3 is 2.39 bits per heavy atom. The second-order valence-corrected chi connectivity index (χ2v) is 9.52. The molecule has 0 atom stereocenters. The Bertz CT molecular complexity index is 1590. The Hall–Kier alpha value is -2.67. The van der Waals surface area contributed by atoms with E-state index >= 15 is 0 Å². The average molecular weight is 633 g/mol. The first-order valence-corrected chi connectivity index (χ1v) is 13.8. The van der Waals surface area contributed by atoms with Gasteiger partial charge in [0.25, 0.3) is 5.91 Å². The number of carbonyl (C=O) groups is 1. The molecule has 1 aromatic carbocycles. The molecule has 13 heteroatoms. The molecule has 4 heterocycles. The van der Waals surface area contributed by atoms with Gasteiger partial charge in [0.05, 0.1) is 17.3 Å². The van der Waals surface area contributed by atoms with Crippen LogP contribution in [0.3, 0.4) is 0 Å². The van der Waals surface area contributed by atoms with Crippen molar-refractivity contribution in [2.75, 3.05) is 45.6 Å². The number of amides is 1. The second kappa shape index (κ2) is 17.7. The molecule has 0 spiro atoms. The first kappa shape index (κ1) is 37.5. The number of imidazole rings is 1. The Morgan fingerprint density at radius 1 is 1.00 bits per heavy atom. The van der Waals surface area contributed by atoms with E-state index < -0.39 is 17.6 Å². The summed E-state index contributed by atoms with van der Waals surface area (Å²) in [5.74, 6) is 5.36. The number of fused-ring (bicyclic) bond motifs is 1. The molecule has 1 fully saturated rings. The molecule has 0 saturated carbocycles. The first-order chi connectivity index (χ1) is 20.7. The number of carbonyl (C=O) groups excluding carboxylic acids is 1. The summed E-state index contributed by atoms with van der Waals surface area (Å²) in [5.41, 5.74) is 8.04. The zero-order valence-corrected chi connectivity index (χ0v) is 29.1. The van der Waals surface area contributed by atoms with E-state index in [0.717, 1.165) is 24.8 Å². The summed E-state index contributed by atoms with van der Waals surface area (Å²) in [5, 5.41) is 2.56. The first-order valence-electron chi connectivity index (χ1n) is 13.8. The maximum Gasteiger partial charge on any atom is 1.00 e. The van der Waals surface area contributed by atoms with Gasteiger partial charge in [-0.3, -0.25) is 19.1 Å². The van der Waals surface area contributed by atoms with Crippen LogP contribution in [0.25, 0.3) is 11.4 Å². The fourth-order valence-electron chi connectivity index (χ4n) is 4.34. The van der Waals surface area contributed by atoms with Crippen LogP contribution in [0.2, 0.25) is 0 Å². The summed E-state index contributed by atoms with van der Waals surface area (Å²) in [7, 11) is 3.24. The van der Waals surface area contributed by atoms with Gasteiger partial charge in [0.15, 0.2) is 0 Å². The molecule has 0 unspecified atom stereocenters. The van der Waals surface area contributed by atoms with Gasteiger partial charge in [-0.05, 0) is 43.7 Å². The van der Waals surface area contributed by atoms with Crippen molar-refractivity contribution < 1.29 is 69.4 Å². The predicted molar refractivity (Wildman–Crippen MR) is 162 cm³/mol. The minimum Gasteiger partial charge on any atom is -0.680 e. The molecule has 1 amide bonds. The maximum absolute atomic E-state index is 13.9. The van der Waals surface area contributed by atoms with Gasteiger partial charge in [0.2, 0.25) is 0 Å². The van der Waals surface area contributed by atoms with Crippen LogP contribution in [0.15, 0.2) is 55.2 Å². The number of nitrogens with zero attached hydrogens (tertiary/aromatic N) is 6. The topological polar surface area (TPSA) is 102 Å². The fraction of sp³-hybridized carbons (Fsp3) is 0.355. The second-order valence-electron chi connectivity index (χ2n) is 9.52. The van der Waals surface area contributed by atoms with Gasteiger partial charge in [0, 0.05) is 68.1 Å². The number of aromatic nitrogens is 4. The quantitative estimate of drug-likeness (QED) is 0.274. The average Bonchev–Trinajstić information content (AvgIpc) is 3.41. The van der Waals surface area contributed by atoms with E-state index in [-0.39, 0.29) is 74.7 Å². The summed E-state index contributed by atoms with van der Waals surface area (Å²) >= 11 is 0. The molecular weight excluding hydrogens is 596 g/mol. The minimum absolute atomic E-state index is 0. The van der Waals surface area contributed by atoms with Crippen LogP contribution in [0.5, 0.6) is 0 Å². The molecular formula is C31H36F3KN8O. The van der Waals surface area contributed by atoms with Crippen LogP contribution >= 0.6 is 0 Å². The van der Waals surface area contributed by atoms with Gasteiger partial charge in [-0.1, -0.05) is 25.8 Å². The van der Waals surface area contributed by atoms with Crippen molar-refractivity contribution in [3.8, 4) is 11.8 Å². The van der Waals surface area contributed by atoms with Gasteiger partial charge in [0.1, 0.15) is 17.7 Å². The third-order valence-electron chi connectivity index (χ3n) is 6.54. The number of hydrogen-bond donors (Lipinski definition) is 1. The van der Waals surface area contributed by atoms with Crippen molar-refractivity contribution in [1.82, 2.24) is 29.2 Å². The summed E-state index contributed by atoms with van der Waals surface area (Å²) in [6.07, 6.45) is 1.55. The largest absolute Gasteiger partial charge is 1.00 e. The number of aryl methyl sites for hydroxylation is 1. The molecule has 4 aromatic rings. The smallest absolute Gasteiger partial charge is 0.680 e. The van der Waals surface area contributed by atoms with Crippen molar-refractivity contribution in [1.29, 1.82) is 0 Å². The van der Waals surface area contributed by atoms with E-state index in [1.54, 1.807) is 16.9 Å². The molecule has 1 aliphatic heterocycles. The monoisotopic (exact) mass is 632 g/mol. The predicted octanol–water partition coefficient (Wildman–Crippen LogP) is 2.55. The third kappa shape index (κ3) is 10.2. The maximum atomic E-state index is 13.9. The van der Waals surface area contributed by atoms with Crippen molar-refractivity contribution in [2.45, 2.75) is 33.5 Å². The molecule has 228 valence electrons. The third-order valence-corrected chi connectivity index (χ3v) is 6.54. The van der Waals surface area contributed by atoms with Crippen LogP contribution < -0.4 is 56.7 Å². The number of alkyl halides is 3. The standard InChI is InChI=1S/C28H26F3N7O.C2H6.CH4N.K/c1-19-11-26-33-16-24(38(26)18-34-19)6-3-20-12-22(15-32-14-20)27(39)35-23-5-4-21(25(13-23)28(29,30)31)17-37-9-7-36(2)8-10-37;2*1-2;/h4-5,11-16,18H,7-10,17H2,1-2H3,(H,35,39);1-2H3;2H,1H3;/q;;-1;+1. The van der Waals surface area contributed by atoms with Gasteiger partial charge in [-0.2, -0.15) is 20.2 Å². The molecule has 1 aliphatic rings. The number of halogens is 3. The molecule has 2 N–H and O–H groups in total. The molecule has 0 radical (unpaired) electrons. The Kier molecular flexibility index (Phi) is 15.1.